The first-order valence-electron chi connectivity index (χ1n) is 5.29. The number of sulfonamides is 1. The molecule has 1 fully saturated rings. The average molecular weight is 286 g/mol. The predicted octanol–water partition coefficient (Wildman–Crippen LogP) is -0.109. The van der Waals surface area contributed by atoms with Crippen LogP contribution in [0.15, 0.2) is 21.6 Å². The number of hydrogen-bond acceptors (Lipinski definition) is 6. The third-order valence-electron chi connectivity index (χ3n) is 2.56. The number of carbonyl (C=O) groups is 1. The second-order valence-corrected chi connectivity index (χ2v) is 5.64. The number of aromatic carboxylic acids is 1. The smallest absolute Gasteiger partial charge is 0.371 e. The molecule has 2 heterocycles. The summed E-state index contributed by atoms with van der Waals surface area (Å²) in [6.07, 6.45) is -0.836. The Morgan fingerprint density at radius 1 is 1.53 bits per heavy atom. The fourth-order valence-corrected chi connectivity index (χ4v) is 2.96. The van der Waals surface area contributed by atoms with E-state index in [4.69, 9.17) is 19.5 Å². The molecule has 1 aliphatic rings. The third-order valence-corrected chi connectivity index (χ3v) is 4.30. The van der Waals surface area contributed by atoms with Crippen molar-refractivity contribution in [2.24, 2.45) is 0 Å². The molecule has 1 aromatic heterocycles. The fraction of sp³-hybridized carbons (Fsp3) is 0.400. The van der Waals surface area contributed by atoms with Crippen molar-refractivity contribution in [3.8, 4) is 6.07 Å². The maximum absolute atomic E-state index is 12.2. The van der Waals surface area contributed by atoms with Crippen LogP contribution < -0.4 is 0 Å². The molecule has 1 N–H and O–H groups in total. The molecule has 0 radical (unpaired) electrons. The maximum Gasteiger partial charge on any atom is 0.371 e. The first-order valence-corrected chi connectivity index (χ1v) is 6.73. The number of hydrogen-bond donors (Lipinski definition) is 1. The summed E-state index contributed by atoms with van der Waals surface area (Å²) in [7, 11) is -3.95. The maximum atomic E-state index is 12.2. The normalized spacial score (nSPS) is 20.9. The van der Waals surface area contributed by atoms with Crippen LogP contribution in [-0.4, -0.2) is 49.6 Å². The Kier molecular flexibility index (Phi) is 3.57. The van der Waals surface area contributed by atoms with Crippen molar-refractivity contribution in [1.29, 1.82) is 5.26 Å². The summed E-state index contributed by atoms with van der Waals surface area (Å²) in [4.78, 5) is 10.7. The summed E-state index contributed by atoms with van der Waals surface area (Å²) in [5.41, 5.74) is 0. The lowest BCUT2D eigenvalue weighted by molar-refractivity contribution is 0.0306. The van der Waals surface area contributed by atoms with Gasteiger partial charge in [0.1, 0.15) is 0 Å². The highest BCUT2D eigenvalue weighted by Gasteiger charge is 2.33. The van der Waals surface area contributed by atoms with Gasteiger partial charge in [0, 0.05) is 6.54 Å². The molecule has 9 heteroatoms. The zero-order chi connectivity index (χ0) is 14.0. The van der Waals surface area contributed by atoms with Crippen LogP contribution in [0, 0.1) is 11.3 Å². The van der Waals surface area contributed by atoms with Crippen LogP contribution in [-0.2, 0) is 14.8 Å². The molecule has 0 saturated carbocycles. The molecule has 1 aromatic rings. The van der Waals surface area contributed by atoms with E-state index in [0.29, 0.717) is 0 Å². The zero-order valence-electron chi connectivity index (χ0n) is 9.64. The largest absolute Gasteiger partial charge is 0.475 e. The van der Waals surface area contributed by atoms with E-state index in [1.165, 1.54) is 0 Å². The molecule has 8 nitrogen and oxygen atoms in total. The molecule has 1 atom stereocenters. The number of carboxylic acid groups (broad SMARTS) is 1. The number of carboxylic acids is 1. The summed E-state index contributed by atoms with van der Waals surface area (Å²) in [6.45, 7) is 0.0789. The number of rotatable bonds is 3. The second kappa shape index (κ2) is 5.00. The van der Waals surface area contributed by atoms with Crippen molar-refractivity contribution in [3.63, 3.8) is 0 Å². The second-order valence-electron chi connectivity index (χ2n) is 3.78. The highest BCUT2D eigenvalue weighted by molar-refractivity contribution is 7.89. The lowest BCUT2D eigenvalue weighted by atomic mass is 10.3. The van der Waals surface area contributed by atoms with E-state index in [2.05, 4.69) is 0 Å². The van der Waals surface area contributed by atoms with Crippen molar-refractivity contribution in [1.82, 2.24) is 4.31 Å². The van der Waals surface area contributed by atoms with Crippen LogP contribution in [0.1, 0.15) is 10.6 Å². The molecule has 1 aliphatic heterocycles. The summed E-state index contributed by atoms with van der Waals surface area (Å²) in [6, 6.07) is 3.97. The molecule has 0 aliphatic carbocycles. The molecule has 0 amide bonds. The Bertz CT molecular complexity index is 629. The van der Waals surface area contributed by atoms with Crippen molar-refractivity contribution in [2.45, 2.75) is 11.2 Å². The lowest BCUT2D eigenvalue weighted by Gasteiger charge is -2.27. The molecular weight excluding hydrogens is 276 g/mol. The minimum absolute atomic E-state index is 0.0869. The van der Waals surface area contributed by atoms with E-state index in [1.807, 2.05) is 6.07 Å². The fourth-order valence-electron chi connectivity index (χ4n) is 1.62. The van der Waals surface area contributed by atoms with Crippen LogP contribution >= 0.6 is 0 Å². The summed E-state index contributed by atoms with van der Waals surface area (Å²) in [5, 5.41) is 17.0. The predicted molar refractivity (Wildman–Crippen MR) is 59.8 cm³/mol. The van der Waals surface area contributed by atoms with E-state index in [-0.39, 0.29) is 19.7 Å². The lowest BCUT2D eigenvalue weighted by Crippen LogP contribution is -2.44. The third kappa shape index (κ3) is 2.60. The van der Waals surface area contributed by atoms with Gasteiger partial charge in [0.2, 0.25) is 10.9 Å². The Balaban J connectivity index is 2.26. The quantitative estimate of drug-likeness (QED) is 0.822. The van der Waals surface area contributed by atoms with Gasteiger partial charge in [0.15, 0.2) is 6.10 Å². The topological polar surface area (TPSA) is 121 Å². The highest BCUT2D eigenvalue weighted by atomic mass is 32.2. The van der Waals surface area contributed by atoms with E-state index in [0.717, 1.165) is 16.4 Å². The van der Waals surface area contributed by atoms with Crippen LogP contribution in [0.2, 0.25) is 0 Å². The summed E-state index contributed by atoms with van der Waals surface area (Å²) < 4.78 is 35.2. The highest BCUT2D eigenvalue weighted by Crippen LogP contribution is 2.21. The van der Waals surface area contributed by atoms with Crippen LogP contribution in [0.3, 0.4) is 0 Å². The minimum atomic E-state index is -3.95. The van der Waals surface area contributed by atoms with E-state index < -0.39 is 32.9 Å². The molecule has 0 aromatic carbocycles. The van der Waals surface area contributed by atoms with Gasteiger partial charge in [-0.1, -0.05) is 0 Å². The van der Waals surface area contributed by atoms with Crippen LogP contribution in [0.25, 0.3) is 0 Å². The molecule has 19 heavy (non-hydrogen) atoms. The Morgan fingerprint density at radius 2 is 2.26 bits per heavy atom. The van der Waals surface area contributed by atoms with Gasteiger partial charge in [-0.3, -0.25) is 0 Å². The Morgan fingerprint density at radius 3 is 2.84 bits per heavy atom. The van der Waals surface area contributed by atoms with Gasteiger partial charge in [-0.2, -0.15) is 9.57 Å². The number of morpholine rings is 1. The number of nitrogens with zero attached hydrogens (tertiary/aromatic N) is 2. The molecule has 2 rings (SSSR count). The average Bonchev–Trinajstić information content (AvgIpc) is 2.89. The van der Waals surface area contributed by atoms with Gasteiger partial charge in [-0.15, -0.1) is 0 Å². The van der Waals surface area contributed by atoms with Crippen LogP contribution in [0.5, 0.6) is 0 Å². The SMILES string of the molecule is N#CC1CN(S(=O)(=O)c2ccc(C(=O)O)o2)CCO1. The Labute approximate surface area is 108 Å². The zero-order valence-corrected chi connectivity index (χ0v) is 10.5. The molecule has 1 saturated heterocycles. The van der Waals surface area contributed by atoms with Gasteiger partial charge in [-0.25, -0.2) is 13.2 Å². The summed E-state index contributed by atoms with van der Waals surface area (Å²) in [5.74, 6) is -1.80. The number of ether oxygens (including phenoxy) is 1. The number of nitriles is 1. The molecule has 0 bridgehead atoms. The molecule has 102 valence electrons. The molecular formula is C10H10N2O6S. The first-order chi connectivity index (χ1) is 8.95. The van der Waals surface area contributed by atoms with Crippen molar-refractivity contribution < 1.29 is 27.5 Å². The standard InChI is InChI=1S/C10H10N2O6S/c11-5-7-6-12(3-4-17-7)19(15,16)9-2-1-8(18-9)10(13)14/h1-2,7H,3-4,6H2,(H,13,14). The Hall–Kier alpha value is -1.89. The van der Waals surface area contributed by atoms with E-state index in [1.54, 1.807) is 0 Å². The van der Waals surface area contributed by atoms with Gasteiger partial charge >= 0.3 is 5.97 Å². The van der Waals surface area contributed by atoms with Crippen molar-refractivity contribution in [3.05, 3.63) is 17.9 Å². The van der Waals surface area contributed by atoms with Crippen molar-refractivity contribution >= 4 is 16.0 Å². The van der Waals surface area contributed by atoms with Gasteiger partial charge < -0.3 is 14.3 Å². The van der Waals surface area contributed by atoms with Gasteiger partial charge in [0.05, 0.1) is 19.2 Å². The van der Waals surface area contributed by atoms with Gasteiger partial charge in [-0.05, 0) is 12.1 Å². The number of furan rings is 1. The van der Waals surface area contributed by atoms with E-state index in [9.17, 15) is 13.2 Å². The van der Waals surface area contributed by atoms with Crippen LogP contribution in [0.4, 0.5) is 0 Å². The first kappa shape index (κ1) is 13.5. The molecule has 0 spiro atoms. The van der Waals surface area contributed by atoms with Crippen molar-refractivity contribution in [2.75, 3.05) is 19.7 Å². The monoisotopic (exact) mass is 286 g/mol. The summed E-state index contributed by atoms with van der Waals surface area (Å²) >= 11 is 0. The van der Waals surface area contributed by atoms with Gasteiger partial charge in [0.25, 0.3) is 10.0 Å². The minimum Gasteiger partial charge on any atom is -0.475 e. The van der Waals surface area contributed by atoms with E-state index >= 15 is 0 Å². The molecule has 1 unspecified atom stereocenters.